The SMILES string of the molecule is Cc1ccc(C2CCN(OC(=O)C(C)(C)C)CC2)c(F)c1. The molecule has 0 aromatic heterocycles. The number of piperidine rings is 1. The minimum absolute atomic E-state index is 0.125. The third-order valence-corrected chi connectivity index (χ3v) is 3.87. The summed E-state index contributed by atoms with van der Waals surface area (Å²) in [6.45, 7) is 8.71. The highest BCUT2D eigenvalue weighted by Crippen LogP contribution is 2.30. The Kier molecular flexibility index (Phi) is 4.67. The van der Waals surface area contributed by atoms with Crippen molar-refractivity contribution in [2.75, 3.05) is 13.1 Å². The van der Waals surface area contributed by atoms with E-state index >= 15 is 0 Å². The van der Waals surface area contributed by atoms with E-state index in [-0.39, 0.29) is 17.7 Å². The van der Waals surface area contributed by atoms with Gasteiger partial charge >= 0.3 is 5.97 Å². The van der Waals surface area contributed by atoms with Crippen molar-refractivity contribution in [1.29, 1.82) is 0 Å². The van der Waals surface area contributed by atoms with Gasteiger partial charge in [-0.25, -0.2) is 9.18 Å². The summed E-state index contributed by atoms with van der Waals surface area (Å²) >= 11 is 0. The van der Waals surface area contributed by atoms with Gasteiger partial charge in [-0.15, -0.1) is 5.06 Å². The molecule has 2 rings (SSSR count). The minimum atomic E-state index is -0.500. The van der Waals surface area contributed by atoms with Gasteiger partial charge in [0, 0.05) is 13.1 Å². The van der Waals surface area contributed by atoms with Crippen molar-refractivity contribution in [3.63, 3.8) is 0 Å². The molecule has 1 saturated heterocycles. The molecular formula is C17H24FNO2. The first-order chi connectivity index (χ1) is 9.77. The van der Waals surface area contributed by atoms with E-state index in [1.54, 1.807) is 11.1 Å². The average molecular weight is 293 g/mol. The van der Waals surface area contributed by atoms with Crippen LogP contribution in [0, 0.1) is 18.2 Å². The van der Waals surface area contributed by atoms with Gasteiger partial charge in [0.1, 0.15) is 5.82 Å². The van der Waals surface area contributed by atoms with Crippen LogP contribution >= 0.6 is 0 Å². The molecule has 3 nitrogen and oxygen atoms in total. The lowest BCUT2D eigenvalue weighted by Gasteiger charge is -2.32. The lowest BCUT2D eigenvalue weighted by Crippen LogP contribution is -2.38. The third kappa shape index (κ3) is 4.03. The summed E-state index contributed by atoms with van der Waals surface area (Å²) in [6.07, 6.45) is 1.61. The van der Waals surface area contributed by atoms with Crippen LogP contribution in [0.5, 0.6) is 0 Å². The Morgan fingerprint density at radius 1 is 1.29 bits per heavy atom. The van der Waals surface area contributed by atoms with Crippen LogP contribution in [-0.2, 0) is 9.63 Å². The summed E-state index contributed by atoms with van der Waals surface area (Å²) in [6, 6.07) is 5.41. The van der Waals surface area contributed by atoms with Gasteiger partial charge in [0.15, 0.2) is 0 Å². The molecule has 0 radical (unpaired) electrons. The molecular weight excluding hydrogens is 269 g/mol. The van der Waals surface area contributed by atoms with Gasteiger partial charge in [0.25, 0.3) is 0 Å². The molecule has 0 spiro atoms. The number of hydrogen-bond acceptors (Lipinski definition) is 3. The number of carbonyl (C=O) groups excluding carboxylic acids is 1. The Morgan fingerprint density at radius 3 is 2.43 bits per heavy atom. The van der Waals surface area contributed by atoms with Gasteiger partial charge in [-0.05, 0) is 63.6 Å². The van der Waals surface area contributed by atoms with Crippen LogP contribution in [0.2, 0.25) is 0 Å². The molecule has 1 aromatic rings. The lowest BCUT2D eigenvalue weighted by molar-refractivity contribution is -0.204. The molecule has 0 unspecified atom stereocenters. The van der Waals surface area contributed by atoms with E-state index in [2.05, 4.69) is 0 Å². The zero-order valence-electron chi connectivity index (χ0n) is 13.3. The number of nitrogens with zero attached hydrogens (tertiary/aromatic N) is 1. The average Bonchev–Trinajstić information content (AvgIpc) is 2.39. The predicted octanol–water partition coefficient (Wildman–Crippen LogP) is 3.82. The minimum Gasteiger partial charge on any atom is -0.367 e. The predicted molar refractivity (Wildman–Crippen MR) is 80.2 cm³/mol. The number of aryl methyl sites for hydroxylation is 1. The van der Waals surface area contributed by atoms with Gasteiger partial charge in [0.2, 0.25) is 0 Å². The molecule has 1 heterocycles. The van der Waals surface area contributed by atoms with E-state index in [1.165, 1.54) is 0 Å². The fourth-order valence-electron chi connectivity index (χ4n) is 2.48. The second-order valence-corrected chi connectivity index (χ2v) is 6.86. The Labute approximate surface area is 126 Å². The molecule has 0 N–H and O–H groups in total. The normalized spacial score (nSPS) is 17.8. The van der Waals surface area contributed by atoms with Crippen molar-refractivity contribution in [1.82, 2.24) is 5.06 Å². The second-order valence-electron chi connectivity index (χ2n) is 6.86. The first-order valence-corrected chi connectivity index (χ1v) is 7.51. The zero-order chi connectivity index (χ0) is 15.6. The van der Waals surface area contributed by atoms with Crippen LogP contribution in [0.1, 0.15) is 50.7 Å². The molecule has 0 atom stereocenters. The van der Waals surface area contributed by atoms with Gasteiger partial charge in [-0.2, -0.15) is 0 Å². The number of hydroxylamine groups is 2. The van der Waals surface area contributed by atoms with E-state index in [1.807, 2.05) is 39.8 Å². The van der Waals surface area contributed by atoms with E-state index in [0.29, 0.717) is 13.1 Å². The van der Waals surface area contributed by atoms with Crippen LogP contribution in [0.25, 0.3) is 0 Å². The molecule has 0 saturated carbocycles. The molecule has 0 aliphatic carbocycles. The van der Waals surface area contributed by atoms with Crippen molar-refractivity contribution in [3.05, 3.63) is 35.1 Å². The Bertz CT molecular complexity index is 514. The van der Waals surface area contributed by atoms with Crippen LogP contribution < -0.4 is 0 Å². The van der Waals surface area contributed by atoms with E-state index in [0.717, 1.165) is 24.0 Å². The second kappa shape index (κ2) is 6.14. The van der Waals surface area contributed by atoms with Crippen LogP contribution in [-0.4, -0.2) is 24.1 Å². The summed E-state index contributed by atoms with van der Waals surface area (Å²) in [4.78, 5) is 17.2. The van der Waals surface area contributed by atoms with Gasteiger partial charge in [0.05, 0.1) is 5.41 Å². The number of benzene rings is 1. The highest BCUT2D eigenvalue weighted by molar-refractivity contribution is 5.75. The topological polar surface area (TPSA) is 29.5 Å². The van der Waals surface area contributed by atoms with Gasteiger partial charge < -0.3 is 4.84 Å². The zero-order valence-corrected chi connectivity index (χ0v) is 13.3. The lowest BCUT2D eigenvalue weighted by atomic mass is 9.89. The fraction of sp³-hybridized carbons (Fsp3) is 0.588. The number of carbonyl (C=O) groups is 1. The standard InChI is InChI=1S/C17H24FNO2/c1-12-5-6-14(15(18)11-12)13-7-9-19(10-8-13)21-16(20)17(2,3)4/h5-6,11,13H,7-10H2,1-4H3. The first kappa shape index (κ1) is 16.0. The summed E-state index contributed by atoms with van der Waals surface area (Å²) in [5.74, 6) is -0.141. The molecule has 1 aliphatic rings. The molecule has 1 aliphatic heterocycles. The smallest absolute Gasteiger partial charge is 0.330 e. The van der Waals surface area contributed by atoms with Crippen molar-refractivity contribution in [2.45, 2.75) is 46.5 Å². The Balaban J connectivity index is 1.93. The quantitative estimate of drug-likeness (QED) is 0.830. The van der Waals surface area contributed by atoms with Crippen molar-refractivity contribution in [3.8, 4) is 0 Å². The van der Waals surface area contributed by atoms with E-state index < -0.39 is 5.41 Å². The Hall–Kier alpha value is -1.42. The molecule has 1 aromatic carbocycles. The summed E-state index contributed by atoms with van der Waals surface area (Å²) in [5, 5.41) is 1.70. The highest BCUT2D eigenvalue weighted by atomic mass is 19.1. The third-order valence-electron chi connectivity index (χ3n) is 3.87. The van der Waals surface area contributed by atoms with E-state index in [9.17, 15) is 9.18 Å². The Morgan fingerprint density at radius 2 is 1.90 bits per heavy atom. The molecule has 21 heavy (non-hydrogen) atoms. The maximum absolute atomic E-state index is 14.0. The molecule has 0 bridgehead atoms. The molecule has 4 heteroatoms. The van der Waals surface area contributed by atoms with Crippen LogP contribution in [0.15, 0.2) is 18.2 Å². The first-order valence-electron chi connectivity index (χ1n) is 7.51. The van der Waals surface area contributed by atoms with Crippen molar-refractivity contribution < 1.29 is 14.0 Å². The van der Waals surface area contributed by atoms with Crippen molar-refractivity contribution in [2.24, 2.45) is 5.41 Å². The highest BCUT2D eigenvalue weighted by Gasteiger charge is 2.29. The largest absolute Gasteiger partial charge is 0.367 e. The van der Waals surface area contributed by atoms with Crippen LogP contribution in [0.4, 0.5) is 4.39 Å². The number of halogens is 1. The maximum Gasteiger partial charge on any atom is 0.330 e. The van der Waals surface area contributed by atoms with Crippen LogP contribution in [0.3, 0.4) is 0 Å². The molecule has 116 valence electrons. The summed E-state index contributed by atoms with van der Waals surface area (Å²) < 4.78 is 14.0. The molecule has 1 fully saturated rings. The van der Waals surface area contributed by atoms with Crippen molar-refractivity contribution >= 4 is 5.97 Å². The monoisotopic (exact) mass is 293 g/mol. The fourth-order valence-corrected chi connectivity index (χ4v) is 2.48. The number of hydrogen-bond donors (Lipinski definition) is 0. The van der Waals surface area contributed by atoms with Gasteiger partial charge in [-0.1, -0.05) is 12.1 Å². The van der Waals surface area contributed by atoms with Gasteiger partial charge in [-0.3, -0.25) is 0 Å². The maximum atomic E-state index is 14.0. The summed E-state index contributed by atoms with van der Waals surface area (Å²) in [5.41, 5.74) is 1.22. The summed E-state index contributed by atoms with van der Waals surface area (Å²) in [7, 11) is 0. The molecule has 0 amide bonds. The number of rotatable bonds is 2. The van der Waals surface area contributed by atoms with E-state index in [4.69, 9.17) is 4.84 Å².